The molecule has 1 rings (SSSR count). The minimum Gasteiger partial charge on any atom is -0.263 e. The fourth-order valence-electron chi connectivity index (χ4n) is 1.39. The molecular weight excluding hydrogens is 210 g/mol. The van der Waals surface area contributed by atoms with Gasteiger partial charge in [-0.2, -0.15) is 0 Å². The molecule has 1 aromatic rings. The molecule has 0 heterocycles. The predicted molar refractivity (Wildman–Crippen MR) is 62.6 cm³/mol. The zero-order valence-electron chi connectivity index (χ0n) is 8.97. The molecule has 4 heteroatoms. The highest BCUT2D eigenvalue weighted by molar-refractivity contribution is 8.00. The lowest BCUT2D eigenvalue weighted by atomic mass is 10.2. The van der Waals surface area contributed by atoms with E-state index in [1.54, 1.807) is 6.92 Å². The van der Waals surface area contributed by atoms with E-state index in [4.69, 9.17) is 0 Å². The van der Waals surface area contributed by atoms with Gasteiger partial charge in [0.05, 0.1) is 0 Å². The first-order valence-corrected chi connectivity index (χ1v) is 5.78. The first-order valence-electron chi connectivity index (χ1n) is 4.97. The van der Waals surface area contributed by atoms with Gasteiger partial charge in [-0.1, -0.05) is 25.1 Å². The number of hydrogen-bond acceptors (Lipinski definition) is 3. The van der Waals surface area contributed by atoms with E-state index in [0.29, 0.717) is 6.42 Å². The number of nitro groups is 1. The summed E-state index contributed by atoms with van der Waals surface area (Å²) in [5.41, 5.74) is 0. The number of benzene rings is 1. The van der Waals surface area contributed by atoms with Crippen LogP contribution < -0.4 is 0 Å². The summed E-state index contributed by atoms with van der Waals surface area (Å²) < 4.78 is 0. The van der Waals surface area contributed by atoms with Gasteiger partial charge >= 0.3 is 0 Å². The highest BCUT2D eigenvalue weighted by atomic mass is 32.2. The molecule has 1 atom stereocenters. The van der Waals surface area contributed by atoms with Crippen LogP contribution in [0.4, 0.5) is 0 Å². The SMILES string of the molecule is CCCC(C)(Sc1ccccc1)[N+](=O)[O-]. The van der Waals surface area contributed by atoms with Gasteiger partial charge in [-0.25, -0.2) is 0 Å². The van der Waals surface area contributed by atoms with Crippen molar-refractivity contribution in [2.75, 3.05) is 0 Å². The van der Waals surface area contributed by atoms with Gasteiger partial charge in [0.2, 0.25) is 0 Å². The Hall–Kier alpha value is -1.03. The van der Waals surface area contributed by atoms with Crippen molar-refractivity contribution in [3.05, 3.63) is 40.4 Å². The molecule has 82 valence electrons. The van der Waals surface area contributed by atoms with Gasteiger partial charge in [0.1, 0.15) is 0 Å². The summed E-state index contributed by atoms with van der Waals surface area (Å²) in [5.74, 6) is 0. The van der Waals surface area contributed by atoms with Crippen molar-refractivity contribution in [3.8, 4) is 0 Å². The fraction of sp³-hybridized carbons (Fsp3) is 0.455. The van der Waals surface area contributed by atoms with Crippen molar-refractivity contribution in [1.29, 1.82) is 0 Å². The van der Waals surface area contributed by atoms with E-state index in [-0.39, 0.29) is 4.92 Å². The molecule has 1 unspecified atom stereocenters. The number of hydrogen-bond donors (Lipinski definition) is 0. The molecule has 0 bridgehead atoms. The van der Waals surface area contributed by atoms with Crippen molar-refractivity contribution in [1.82, 2.24) is 0 Å². The van der Waals surface area contributed by atoms with Crippen LogP contribution in [0.5, 0.6) is 0 Å². The van der Waals surface area contributed by atoms with Crippen molar-refractivity contribution in [3.63, 3.8) is 0 Å². The van der Waals surface area contributed by atoms with E-state index in [2.05, 4.69) is 0 Å². The summed E-state index contributed by atoms with van der Waals surface area (Å²) in [7, 11) is 0. The van der Waals surface area contributed by atoms with Crippen molar-refractivity contribution in [2.45, 2.75) is 36.5 Å². The van der Waals surface area contributed by atoms with Gasteiger partial charge in [0, 0.05) is 23.2 Å². The van der Waals surface area contributed by atoms with Crippen LogP contribution in [0.3, 0.4) is 0 Å². The van der Waals surface area contributed by atoms with Crippen LogP contribution >= 0.6 is 11.8 Å². The fourth-order valence-corrected chi connectivity index (χ4v) is 2.57. The summed E-state index contributed by atoms with van der Waals surface area (Å²) in [6.45, 7) is 3.65. The second-order valence-electron chi connectivity index (χ2n) is 3.60. The molecule has 0 aliphatic carbocycles. The molecule has 0 spiro atoms. The minimum absolute atomic E-state index is 0.186. The maximum absolute atomic E-state index is 11.0. The molecular formula is C11H15NO2S. The number of thioether (sulfide) groups is 1. The van der Waals surface area contributed by atoms with E-state index in [1.165, 1.54) is 11.8 Å². The molecule has 0 aliphatic heterocycles. The summed E-state index contributed by atoms with van der Waals surface area (Å²) in [5, 5.41) is 11.0. The van der Waals surface area contributed by atoms with Crippen LogP contribution in [0.1, 0.15) is 26.7 Å². The van der Waals surface area contributed by atoms with Crippen LogP contribution in [0.15, 0.2) is 35.2 Å². The lowest BCUT2D eigenvalue weighted by Gasteiger charge is -2.19. The Morgan fingerprint density at radius 1 is 1.40 bits per heavy atom. The molecule has 0 amide bonds. The Morgan fingerprint density at radius 2 is 2.00 bits per heavy atom. The minimum atomic E-state index is -0.907. The third-order valence-electron chi connectivity index (χ3n) is 2.18. The predicted octanol–water partition coefficient (Wildman–Crippen LogP) is 3.57. The highest BCUT2D eigenvalue weighted by Gasteiger charge is 2.37. The zero-order chi connectivity index (χ0) is 11.3. The third-order valence-corrected chi connectivity index (χ3v) is 3.48. The second kappa shape index (κ2) is 5.16. The number of rotatable bonds is 5. The van der Waals surface area contributed by atoms with Gasteiger partial charge in [0.25, 0.3) is 4.87 Å². The van der Waals surface area contributed by atoms with Gasteiger partial charge in [-0.15, -0.1) is 0 Å². The largest absolute Gasteiger partial charge is 0.268 e. The highest BCUT2D eigenvalue weighted by Crippen LogP contribution is 2.36. The van der Waals surface area contributed by atoms with Crippen LogP contribution in [-0.2, 0) is 0 Å². The van der Waals surface area contributed by atoms with Gasteiger partial charge in [-0.3, -0.25) is 10.1 Å². The number of nitrogens with zero attached hydrogens (tertiary/aromatic N) is 1. The molecule has 15 heavy (non-hydrogen) atoms. The Labute approximate surface area is 94.0 Å². The second-order valence-corrected chi connectivity index (χ2v) is 5.15. The lowest BCUT2D eigenvalue weighted by molar-refractivity contribution is -0.534. The molecule has 0 saturated carbocycles. The Balaban J connectivity index is 2.80. The average molecular weight is 225 g/mol. The lowest BCUT2D eigenvalue weighted by Crippen LogP contribution is -2.30. The van der Waals surface area contributed by atoms with E-state index in [1.807, 2.05) is 37.3 Å². The monoisotopic (exact) mass is 225 g/mol. The Bertz CT molecular complexity index is 329. The van der Waals surface area contributed by atoms with Gasteiger partial charge in [-0.05, 0) is 30.3 Å². The summed E-state index contributed by atoms with van der Waals surface area (Å²) >= 11 is 1.32. The van der Waals surface area contributed by atoms with Crippen molar-refractivity contribution < 1.29 is 4.92 Å². The molecule has 0 saturated heterocycles. The summed E-state index contributed by atoms with van der Waals surface area (Å²) in [6, 6.07) is 9.51. The molecule has 1 aromatic carbocycles. The maximum Gasteiger partial charge on any atom is 0.268 e. The van der Waals surface area contributed by atoms with Crippen molar-refractivity contribution in [2.24, 2.45) is 0 Å². The molecule has 0 aliphatic rings. The third kappa shape index (κ3) is 3.23. The molecule has 0 fully saturated rings. The Morgan fingerprint density at radius 3 is 2.47 bits per heavy atom. The maximum atomic E-state index is 11.0. The molecule has 0 N–H and O–H groups in total. The van der Waals surface area contributed by atoms with Crippen LogP contribution in [0.25, 0.3) is 0 Å². The molecule has 0 aromatic heterocycles. The first-order chi connectivity index (χ1) is 7.08. The van der Waals surface area contributed by atoms with Gasteiger partial charge in [0.15, 0.2) is 0 Å². The van der Waals surface area contributed by atoms with Crippen molar-refractivity contribution >= 4 is 11.8 Å². The molecule has 3 nitrogen and oxygen atoms in total. The summed E-state index contributed by atoms with van der Waals surface area (Å²) in [4.78, 5) is 10.9. The van der Waals surface area contributed by atoms with Crippen LogP contribution in [0.2, 0.25) is 0 Å². The van der Waals surface area contributed by atoms with Crippen LogP contribution in [0, 0.1) is 10.1 Å². The summed E-state index contributed by atoms with van der Waals surface area (Å²) in [6.07, 6.45) is 1.40. The van der Waals surface area contributed by atoms with E-state index < -0.39 is 4.87 Å². The first kappa shape index (κ1) is 12.0. The van der Waals surface area contributed by atoms with Crippen LogP contribution in [-0.4, -0.2) is 9.79 Å². The van der Waals surface area contributed by atoms with E-state index in [9.17, 15) is 10.1 Å². The topological polar surface area (TPSA) is 43.1 Å². The van der Waals surface area contributed by atoms with Gasteiger partial charge < -0.3 is 0 Å². The quantitative estimate of drug-likeness (QED) is 0.333. The normalized spacial score (nSPS) is 14.5. The smallest absolute Gasteiger partial charge is 0.263 e. The standard InChI is InChI=1S/C11H15NO2S/c1-3-9-11(2,12(13)14)15-10-7-5-4-6-8-10/h4-8H,3,9H2,1-2H3. The van der Waals surface area contributed by atoms with E-state index >= 15 is 0 Å². The zero-order valence-corrected chi connectivity index (χ0v) is 9.79. The van der Waals surface area contributed by atoms with E-state index in [0.717, 1.165) is 11.3 Å². The molecule has 0 radical (unpaired) electrons. The Kier molecular flexibility index (Phi) is 4.15. The average Bonchev–Trinajstić information content (AvgIpc) is 2.19.